The molecule has 3 amide bonds. The Balaban J connectivity index is 1.54. The van der Waals surface area contributed by atoms with Crippen molar-refractivity contribution in [2.75, 3.05) is 16.8 Å². The average molecular weight is 481 g/mol. The molecule has 2 aromatic carbocycles. The normalized spacial score (nSPS) is 29.6. The van der Waals surface area contributed by atoms with E-state index in [0.29, 0.717) is 40.5 Å². The third kappa shape index (κ3) is 2.35. The van der Waals surface area contributed by atoms with Gasteiger partial charge in [0.05, 0.1) is 28.1 Å². The summed E-state index contributed by atoms with van der Waals surface area (Å²) in [6.45, 7) is 4.07. The molecule has 0 bridgehead atoms. The summed E-state index contributed by atoms with van der Waals surface area (Å²) in [6, 6.07) is 7.36. The quantitative estimate of drug-likeness (QED) is 0.401. The van der Waals surface area contributed by atoms with Gasteiger partial charge in [-0.25, -0.2) is 4.90 Å². The second-order valence-corrected chi connectivity index (χ2v) is 9.87. The van der Waals surface area contributed by atoms with Gasteiger partial charge in [0.25, 0.3) is 5.69 Å². The minimum atomic E-state index is -1.29. The van der Waals surface area contributed by atoms with Crippen molar-refractivity contribution in [1.82, 2.24) is 4.90 Å². The van der Waals surface area contributed by atoms with Crippen LogP contribution in [-0.4, -0.2) is 40.1 Å². The smallest absolute Gasteiger partial charge is 0.269 e. The molecule has 0 saturated carbocycles. The van der Waals surface area contributed by atoms with Crippen LogP contribution >= 0.6 is 11.6 Å². The van der Waals surface area contributed by atoms with E-state index >= 15 is 0 Å². The van der Waals surface area contributed by atoms with E-state index in [4.69, 9.17) is 11.6 Å². The molecule has 2 aromatic rings. The lowest BCUT2D eigenvalue weighted by Crippen LogP contribution is -2.54. The molecule has 6 rings (SSSR count). The molecule has 0 aliphatic carbocycles. The van der Waals surface area contributed by atoms with Crippen molar-refractivity contribution in [3.63, 3.8) is 0 Å². The van der Waals surface area contributed by atoms with E-state index in [-0.39, 0.29) is 23.5 Å². The van der Waals surface area contributed by atoms with Gasteiger partial charge in [0, 0.05) is 28.8 Å². The monoisotopic (exact) mass is 480 g/mol. The zero-order valence-corrected chi connectivity index (χ0v) is 19.3. The van der Waals surface area contributed by atoms with Crippen LogP contribution in [0.1, 0.15) is 29.5 Å². The van der Waals surface area contributed by atoms with Crippen LogP contribution in [0.3, 0.4) is 0 Å². The van der Waals surface area contributed by atoms with Crippen LogP contribution < -0.4 is 10.2 Å². The molecule has 1 N–H and O–H groups in total. The summed E-state index contributed by atoms with van der Waals surface area (Å²) >= 11 is 6.32. The van der Waals surface area contributed by atoms with Crippen molar-refractivity contribution >= 4 is 46.4 Å². The van der Waals surface area contributed by atoms with Gasteiger partial charge in [0.1, 0.15) is 5.54 Å². The number of carbonyl (C=O) groups excluding carboxylic acids is 3. The van der Waals surface area contributed by atoms with E-state index in [1.54, 1.807) is 19.1 Å². The van der Waals surface area contributed by atoms with Crippen LogP contribution in [0, 0.1) is 35.8 Å². The molecule has 0 radical (unpaired) electrons. The number of anilines is 2. The van der Waals surface area contributed by atoms with Crippen LogP contribution in [0.25, 0.3) is 0 Å². The highest BCUT2D eigenvalue weighted by atomic mass is 35.5. The maximum atomic E-state index is 14.0. The Morgan fingerprint density at radius 3 is 2.62 bits per heavy atom. The summed E-state index contributed by atoms with van der Waals surface area (Å²) in [5.41, 5.74) is 1.38. The minimum absolute atomic E-state index is 0.115. The number of amides is 3. The standard InChI is InChI=1S/C24H21ClN4O5/c1-11-10-13(29(33)34)5-8-16(11)28-21(30)18-17-4-3-9-27(17)24(19(18)22(28)31)14-6-7-15(25)12(2)20(14)26-23(24)32/h5-8,10,17-19H,3-4,9H2,1-2H3,(H,26,32). The first-order chi connectivity index (χ1) is 16.2. The Morgan fingerprint density at radius 2 is 1.91 bits per heavy atom. The highest BCUT2D eigenvalue weighted by Gasteiger charge is 2.74. The fourth-order valence-electron chi connectivity index (χ4n) is 6.63. The fourth-order valence-corrected chi connectivity index (χ4v) is 6.79. The maximum Gasteiger partial charge on any atom is 0.269 e. The van der Waals surface area contributed by atoms with Crippen LogP contribution in [0.4, 0.5) is 17.1 Å². The maximum absolute atomic E-state index is 14.0. The number of nitrogens with zero attached hydrogens (tertiary/aromatic N) is 3. The summed E-state index contributed by atoms with van der Waals surface area (Å²) in [4.78, 5) is 55.4. The molecule has 3 fully saturated rings. The highest BCUT2D eigenvalue weighted by molar-refractivity contribution is 6.32. The number of carbonyl (C=O) groups is 3. The van der Waals surface area contributed by atoms with Crippen LogP contribution in [-0.2, 0) is 19.9 Å². The fraction of sp³-hybridized carbons (Fsp3) is 0.375. The van der Waals surface area contributed by atoms with Gasteiger partial charge in [-0.3, -0.25) is 29.4 Å². The Kier molecular flexibility index (Phi) is 4.29. The number of non-ortho nitro benzene ring substituents is 1. The van der Waals surface area contributed by atoms with E-state index in [1.807, 2.05) is 11.8 Å². The number of hydrogen-bond acceptors (Lipinski definition) is 6. The molecule has 3 saturated heterocycles. The molecular formula is C24H21ClN4O5. The Labute approximate surface area is 199 Å². The first kappa shape index (κ1) is 21.2. The van der Waals surface area contributed by atoms with E-state index in [0.717, 1.165) is 16.9 Å². The zero-order chi connectivity index (χ0) is 24.1. The number of halogens is 1. The molecule has 1 spiro atoms. The van der Waals surface area contributed by atoms with Gasteiger partial charge in [-0.05, 0) is 56.5 Å². The van der Waals surface area contributed by atoms with E-state index < -0.39 is 28.2 Å². The molecular weight excluding hydrogens is 460 g/mol. The first-order valence-electron chi connectivity index (χ1n) is 11.2. The van der Waals surface area contributed by atoms with Crippen molar-refractivity contribution in [1.29, 1.82) is 0 Å². The van der Waals surface area contributed by atoms with Crippen molar-refractivity contribution in [3.8, 4) is 0 Å². The number of rotatable bonds is 2. The Hall–Kier alpha value is -3.30. The van der Waals surface area contributed by atoms with Crippen molar-refractivity contribution in [3.05, 3.63) is 62.2 Å². The number of hydrogen-bond donors (Lipinski definition) is 1. The molecule has 9 nitrogen and oxygen atoms in total. The Bertz CT molecular complexity index is 1340. The summed E-state index contributed by atoms with van der Waals surface area (Å²) in [5.74, 6) is -2.67. The lowest BCUT2D eigenvalue weighted by atomic mass is 9.75. The first-order valence-corrected chi connectivity index (χ1v) is 11.6. The number of imide groups is 1. The van der Waals surface area contributed by atoms with Gasteiger partial charge in [-0.2, -0.15) is 0 Å². The molecule has 10 heteroatoms. The molecule has 4 aliphatic rings. The second kappa shape index (κ2) is 6.86. The van der Waals surface area contributed by atoms with Gasteiger partial charge < -0.3 is 5.32 Å². The largest absolute Gasteiger partial charge is 0.324 e. The third-order valence-corrected chi connectivity index (χ3v) is 8.40. The number of benzene rings is 2. The second-order valence-electron chi connectivity index (χ2n) is 9.46. The minimum Gasteiger partial charge on any atom is -0.324 e. The van der Waals surface area contributed by atoms with Gasteiger partial charge >= 0.3 is 0 Å². The number of aryl methyl sites for hydroxylation is 1. The van der Waals surface area contributed by atoms with Gasteiger partial charge in [-0.1, -0.05) is 17.7 Å². The van der Waals surface area contributed by atoms with Crippen molar-refractivity contribution in [2.45, 2.75) is 38.3 Å². The predicted molar refractivity (Wildman–Crippen MR) is 124 cm³/mol. The predicted octanol–water partition coefficient (Wildman–Crippen LogP) is 3.30. The third-order valence-electron chi connectivity index (χ3n) is 7.99. The summed E-state index contributed by atoms with van der Waals surface area (Å²) in [7, 11) is 0. The number of nitro benzene ring substituents is 1. The molecule has 4 aliphatic heterocycles. The van der Waals surface area contributed by atoms with Crippen LogP contribution in [0.15, 0.2) is 30.3 Å². The zero-order valence-electron chi connectivity index (χ0n) is 18.5. The lowest BCUT2D eigenvalue weighted by molar-refractivity contribution is -0.384. The Morgan fingerprint density at radius 1 is 1.15 bits per heavy atom. The molecule has 174 valence electrons. The highest BCUT2D eigenvalue weighted by Crippen LogP contribution is 2.61. The topological polar surface area (TPSA) is 113 Å². The molecule has 34 heavy (non-hydrogen) atoms. The number of fused-ring (bicyclic) bond motifs is 7. The van der Waals surface area contributed by atoms with Gasteiger partial charge in [0.15, 0.2) is 0 Å². The van der Waals surface area contributed by atoms with E-state index in [9.17, 15) is 24.5 Å². The molecule has 4 atom stereocenters. The van der Waals surface area contributed by atoms with Gasteiger partial charge in [0.2, 0.25) is 17.7 Å². The van der Waals surface area contributed by atoms with E-state index in [1.165, 1.54) is 18.2 Å². The summed E-state index contributed by atoms with van der Waals surface area (Å²) in [5, 5.41) is 14.7. The number of nitrogens with one attached hydrogen (secondary N) is 1. The van der Waals surface area contributed by atoms with Crippen LogP contribution in [0.5, 0.6) is 0 Å². The summed E-state index contributed by atoms with van der Waals surface area (Å²) < 4.78 is 0. The molecule has 0 aromatic heterocycles. The van der Waals surface area contributed by atoms with Crippen LogP contribution in [0.2, 0.25) is 5.02 Å². The number of nitro groups is 1. The van der Waals surface area contributed by atoms with Crippen molar-refractivity contribution < 1.29 is 19.3 Å². The summed E-state index contributed by atoms with van der Waals surface area (Å²) in [6.07, 6.45) is 1.53. The SMILES string of the molecule is Cc1cc([N+](=O)[O-])ccc1N1C(=O)C2C3CCCN3C3(C(=O)Nc4c3ccc(Cl)c4C)C2C1=O. The average Bonchev–Trinajstić information content (AvgIpc) is 3.50. The van der Waals surface area contributed by atoms with Gasteiger partial charge in [-0.15, -0.1) is 0 Å². The lowest BCUT2D eigenvalue weighted by Gasteiger charge is -2.36. The van der Waals surface area contributed by atoms with Crippen molar-refractivity contribution in [2.24, 2.45) is 11.8 Å². The molecule has 4 unspecified atom stereocenters. The van der Waals surface area contributed by atoms with E-state index in [2.05, 4.69) is 5.32 Å². The molecule has 4 heterocycles.